The number of aromatic nitrogens is 2. The summed E-state index contributed by atoms with van der Waals surface area (Å²) in [6, 6.07) is 8.02. The van der Waals surface area contributed by atoms with Gasteiger partial charge in [-0.15, -0.1) is 5.10 Å². The van der Waals surface area contributed by atoms with Crippen molar-refractivity contribution >= 4 is 17.8 Å². The molecule has 24 heavy (non-hydrogen) atoms. The van der Waals surface area contributed by atoms with Crippen LogP contribution in [-0.2, 0) is 16.1 Å². The third-order valence-corrected chi connectivity index (χ3v) is 3.80. The predicted octanol–water partition coefficient (Wildman–Crippen LogP) is 2.29. The molecule has 3 rings (SSSR count). The van der Waals surface area contributed by atoms with E-state index in [0.29, 0.717) is 18.4 Å². The number of nitrogens with one attached hydrogen (secondary N) is 2. The number of aryl methyl sites for hydroxylation is 1. The van der Waals surface area contributed by atoms with Gasteiger partial charge in [-0.2, -0.15) is 0 Å². The summed E-state index contributed by atoms with van der Waals surface area (Å²) in [7, 11) is 0. The van der Waals surface area contributed by atoms with Gasteiger partial charge in [-0.3, -0.25) is 14.9 Å². The molecule has 1 heterocycles. The molecule has 0 radical (unpaired) electrons. The Balaban J connectivity index is 1.37. The highest BCUT2D eigenvalue weighted by molar-refractivity contribution is 5.91. The smallest absolute Gasteiger partial charge is 0.322 e. The molecule has 0 bridgehead atoms. The van der Waals surface area contributed by atoms with Gasteiger partial charge in [0.05, 0.1) is 0 Å². The van der Waals surface area contributed by atoms with E-state index in [1.807, 2.05) is 31.2 Å². The fraction of sp³-hybridized carbons (Fsp3) is 0.412. The van der Waals surface area contributed by atoms with E-state index >= 15 is 0 Å². The number of amides is 2. The summed E-state index contributed by atoms with van der Waals surface area (Å²) < 4.78 is 5.35. The number of carbonyl (C=O) groups excluding carboxylic acids is 2. The fourth-order valence-corrected chi connectivity index (χ4v) is 2.18. The molecule has 0 saturated heterocycles. The highest BCUT2D eigenvalue weighted by Gasteiger charge is 2.29. The summed E-state index contributed by atoms with van der Waals surface area (Å²) in [4.78, 5) is 23.6. The Morgan fingerprint density at radius 2 is 1.83 bits per heavy atom. The van der Waals surface area contributed by atoms with Crippen LogP contribution >= 0.6 is 0 Å². The van der Waals surface area contributed by atoms with Crippen LogP contribution in [-0.4, -0.2) is 22.0 Å². The van der Waals surface area contributed by atoms with Crippen LogP contribution in [0.3, 0.4) is 0 Å². The molecule has 1 aliphatic rings. The second-order valence-corrected chi connectivity index (χ2v) is 6.03. The first-order valence-electron chi connectivity index (χ1n) is 8.05. The summed E-state index contributed by atoms with van der Waals surface area (Å²) in [6.07, 6.45) is 2.29. The quantitative estimate of drug-likeness (QED) is 0.813. The molecule has 0 unspecified atom stereocenters. The van der Waals surface area contributed by atoms with Crippen LogP contribution in [0.15, 0.2) is 28.7 Å². The van der Waals surface area contributed by atoms with Crippen LogP contribution in [0.5, 0.6) is 0 Å². The largest absolute Gasteiger partial charge is 0.408 e. The number of benzene rings is 1. The Labute approximate surface area is 139 Å². The van der Waals surface area contributed by atoms with Crippen molar-refractivity contribution in [1.82, 2.24) is 15.5 Å². The summed E-state index contributed by atoms with van der Waals surface area (Å²) in [5.74, 6) is 0.429. The lowest BCUT2D eigenvalue weighted by Gasteiger charge is -2.05. The molecule has 0 spiro atoms. The zero-order chi connectivity index (χ0) is 16.9. The first-order valence-corrected chi connectivity index (χ1v) is 8.05. The monoisotopic (exact) mass is 328 g/mol. The molecule has 1 aliphatic carbocycles. The van der Waals surface area contributed by atoms with E-state index in [9.17, 15) is 9.59 Å². The third-order valence-electron chi connectivity index (χ3n) is 3.80. The van der Waals surface area contributed by atoms with Gasteiger partial charge < -0.3 is 9.73 Å². The van der Waals surface area contributed by atoms with Gasteiger partial charge in [0.15, 0.2) is 0 Å². The van der Waals surface area contributed by atoms with E-state index in [2.05, 4.69) is 20.8 Å². The zero-order valence-electron chi connectivity index (χ0n) is 13.5. The maximum absolute atomic E-state index is 11.8. The number of hydrogen-bond donors (Lipinski definition) is 2. The van der Waals surface area contributed by atoms with E-state index in [-0.39, 0.29) is 30.7 Å². The summed E-state index contributed by atoms with van der Waals surface area (Å²) in [5, 5.41) is 13.0. The lowest BCUT2D eigenvalue weighted by Crippen LogP contribution is -2.24. The van der Waals surface area contributed by atoms with Crippen LogP contribution in [0.25, 0.3) is 0 Å². The average Bonchev–Trinajstić information content (AvgIpc) is 3.32. The number of hydrogen-bond acceptors (Lipinski definition) is 5. The van der Waals surface area contributed by atoms with Gasteiger partial charge in [0, 0.05) is 25.3 Å². The van der Waals surface area contributed by atoms with Crippen LogP contribution in [0.2, 0.25) is 0 Å². The van der Waals surface area contributed by atoms with Crippen molar-refractivity contribution < 1.29 is 14.0 Å². The van der Waals surface area contributed by atoms with Crippen molar-refractivity contribution in [3.05, 3.63) is 41.3 Å². The molecule has 1 fully saturated rings. The lowest BCUT2D eigenvalue weighted by atomic mass is 10.1. The SMILES string of the molecule is Cc1ccc(CNC(=O)CCC(=O)Nc2nnc(C3CC3)o2)cc1. The second kappa shape index (κ2) is 7.25. The van der Waals surface area contributed by atoms with Crippen molar-refractivity contribution in [2.75, 3.05) is 5.32 Å². The third kappa shape index (κ3) is 4.65. The zero-order valence-corrected chi connectivity index (χ0v) is 13.5. The van der Waals surface area contributed by atoms with Crippen LogP contribution in [0.4, 0.5) is 6.01 Å². The van der Waals surface area contributed by atoms with Gasteiger partial charge in [-0.25, -0.2) is 0 Å². The van der Waals surface area contributed by atoms with Gasteiger partial charge in [0.25, 0.3) is 0 Å². The predicted molar refractivity (Wildman–Crippen MR) is 87.2 cm³/mol. The van der Waals surface area contributed by atoms with Crippen molar-refractivity contribution in [2.45, 2.75) is 45.1 Å². The minimum Gasteiger partial charge on any atom is -0.408 e. The van der Waals surface area contributed by atoms with Gasteiger partial charge in [0.2, 0.25) is 17.7 Å². The van der Waals surface area contributed by atoms with E-state index in [0.717, 1.165) is 18.4 Å². The first-order chi connectivity index (χ1) is 11.6. The van der Waals surface area contributed by atoms with Crippen molar-refractivity contribution in [1.29, 1.82) is 0 Å². The highest BCUT2D eigenvalue weighted by Crippen LogP contribution is 2.39. The number of rotatable bonds is 7. The fourth-order valence-electron chi connectivity index (χ4n) is 2.18. The molecule has 2 amide bonds. The molecule has 2 N–H and O–H groups in total. The minimum atomic E-state index is -0.313. The van der Waals surface area contributed by atoms with Gasteiger partial charge in [-0.05, 0) is 25.3 Å². The molecule has 7 nitrogen and oxygen atoms in total. The number of nitrogens with zero attached hydrogens (tertiary/aromatic N) is 2. The molecule has 126 valence electrons. The Morgan fingerprint density at radius 3 is 2.54 bits per heavy atom. The molecular weight excluding hydrogens is 308 g/mol. The van der Waals surface area contributed by atoms with E-state index in [1.54, 1.807) is 0 Å². The topological polar surface area (TPSA) is 97.1 Å². The first kappa shape index (κ1) is 16.2. The van der Waals surface area contributed by atoms with Crippen LogP contribution in [0.1, 0.15) is 48.6 Å². The summed E-state index contributed by atoms with van der Waals surface area (Å²) in [6.45, 7) is 2.47. The van der Waals surface area contributed by atoms with E-state index < -0.39 is 0 Å². The molecular formula is C17H20N4O3. The normalized spacial score (nSPS) is 13.5. The summed E-state index contributed by atoms with van der Waals surface area (Å²) in [5.41, 5.74) is 2.20. The van der Waals surface area contributed by atoms with Gasteiger partial charge >= 0.3 is 6.01 Å². The van der Waals surface area contributed by atoms with Crippen molar-refractivity contribution in [2.24, 2.45) is 0 Å². The minimum absolute atomic E-state index is 0.0703. The van der Waals surface area contributed by atoms with Gasteiger partial charge in [0.1, 0.15) is 0 Å². The molecule has 1 aromatic heterocycles. The number of anilines is 1. The Kier molecular flexibility index (Phi) is 4.88. The molecule has 0 atom stereocenters. The lowest BCUT2D eigenvalue weighted by molar-refractivity contribution is -0.124. The Morgan fingerprint density at radius 1 is 1.12 bits per heavy atom. The summed E-state index contributed by atoms with van der Waals surface area (Å²) >= 11 is 0. The maximum Gasteiger partial charge on any atom is 0.322 e. The van der Waals surface area contributed by atoms with E-state index in [4.69, 9.17) is 4.42 Å². The van der Waals surface area contributed by atoms with Crippen molar-refractivity contribution in [3.8, 4) is 0 Å². The highest BCUT2D eigenvalue weighted by atomic mass is 16.4. The molecule has 2 aromatic rings. The maximum atomic E-state index is 11.8. The number of carbonyl (C=O) groups is 2. The second-order valence-electron chi connectivity index (χ2n) is 6.03. The molecule has 1 aromatic carbocycles. The van der Waals surface area contributed by atoms with Crippen molar-refractivity contribution in [3.63, 3.8) is 0 Å². The molecule has 1 saturated carbocycles. The Bertz CT molecular complexity index is 720. The van der Waals surface area contributed by atoms with Gasteiger partial charge in [-0.1, -0.05) is 34.9 Å². The van der Waals surface area contributed by atoms with Crippen LogP contribution < -0.4 is 10.6 Å². The van der Waals surface area contributed by atoms with Crippen LogP contribution in [0, 0.1) is 6.92 Å². The Hall–Kier alpha value is -2.70. The standard InChI is InChI=1S/C17H20N4O3/c1-11-2-4-12(5-3-11)10-18-14(22)8-9-15(23)19-17-21-20-16(24-17)13-6-7-13/h2-5,13H,6-10H2,1H3,(H,18,22)(H,19,21,23). The average molecular weight is 328 g/mol. The van der Waals surface area contributed by atoms with E-state index in [1.165, 1.54) is 5.56 Å². The molecule has 0 aliphatic heterocycles. The molecule has 7 heteroatoms.